The van der Waals surface area contributed by atoms with Gasteiger partial charge in [-0.1, -0.05) is 24.3 Å². The molecule has 5 nitrogen and oxygen atoms in total. The highest BCUT2D eigenvalue weighted by Gasteiger charge is 2.11. The van der Waals surface area contributed by atoms with Crippen LogP contribution in [0.4, 0.5) is 5.69 Å². The number of ether oxygens (including phenoxy) is 2. The molecule has 1 aliphatic carbocycles. The molecule has 208 valence electrons. The third-order valence-electron chi connectivity index (χ3n) is 7.30. The molecule has 0 unspecified atom stereocenters. The van der Waals surface area contributed by atoms with E-state index in [2.05, 4.69) is 66.0 Å². The average molecular weight is 529 g/mol. The topological polar surface area (TPSA) is 45.2 Å². The van der Waals surface area contributed by atoms with E-state index in [9.17, 15) is 5.11 Å². The molecular formula is C34H44N2O3. The van der Waals surface area contributed by atoms with Crippen LogP contribution < -0.4 is 14.4 Å². The van der Waals surface area contributed by atoms with Crippen LogP contribution in [0.25, 0.3) is 0 Å². The Kier molecular flexibility index (Phi) is 12.6. The van der Waals surface area contributed by atoms with Gasteiger partial charge in [0.2, 0.25) is 0 Å². The van der Waals surface area contributed by atoms with Gasteiger partial charge < -0.3 is 19.5 Å². The van der Waals surface area contributed by atoms with E-state index in [1.165, 1.54) is 67.6 Å². The van der Waals surface area contributed by atoms with Gasteiger partial charge in [-0.3, -0.25) is 4.90 Å². The molecule has 2 aliphatic rings. The molecule has 5 heteroatoms. The molecule has 0 bridgehead atoms. The third kappa shape index (κ3) is 9.57. The number of hydrogen-bond donors (Lipinski definition) is 1. The van der Waals surface area contributed by atoms with E-state index in [1.807, 2.05) is 24.3 Å². The molecule has 5 rings (SSSR count). The standard InChI is InChI=1S/C22H30N2O2.C10H12O.C2H2/c1-3-24(20-7-6-8-22(17-20)25-2)18-19-9-11-21(12-10-19)26-16-15-23-13-4-5-14-23;11-10-6-5-8-3-1-2-4-9(8)7-10;1-2/h6-12,17H,3-5,13-16,18H2,1-2H3;5-7,11H,1-4H2;1-2H. The van der Waals surface area contributed by atoms with Crippen molar-refractivity contribution in [2.75, 3.05) is 44.8 Å². The van der Waals surface area contributed by atoms with Crippen LogP contribution in [0, 0.1) is 12.8 Å². The number of anilines is 1. The molecule has 3 aromatic rings. The van der Waals surface area contributed by atoms with Crippen LogP contribution in [0.1, 0.15) is 49.3 Å². The fourth-order valence-electron chi connectivity index (χ4n) is 5.12. The zero-order chi connectivity index (χ0) is 27.9. The van der Waals surface area contributed by atoms with E-state index in [0.29, 0.717) is 5.75 Å². The number of methoxy groups -OCH3 is 1. The van der Waals surface area contributed by atoms with Crippen LogP contribution in [0.5, 0.6) is 17.2 Å². The van der Waals surface area contributed by atoms with E-state index < -0.39 is 0 Å². The summed E-state index contributed by atoms with van der Waals surface area (Å²) in [7, 11) is 1.71. The summed E-state index contributed by atoms with van der Waals surface area (Å²) in [5.74, 6) is 2.26. The van der Waals surface area contributed by atoms with E-state index in [1.54, 1.807) is 13.2 Å². The summed E-state index contributed by atoms with van der Waals surface area (Å²) >= 11 is 0. The lowest BCUT2D eigenvalue weighted by Crippen LogP contribution is -2.25. The zero-order valence-corrected chi connectivity index (χ0v) is 23.6. The lowest BCUT2D eigenvalue weighted by atomic mass is 9.92. The molecule has 0 aromatic heterocycles. The second-order valence-corrected chi connectivity index (χ2v) is 9.92. The van der Waals surface area contributed by atoms with Crippen LogP contribution in [-0.2, 0) is 19.4 Å². The number of phenols is 1. The van der Waals surface area contributed by atoms with Crippen molar-refractivity contribution in [1.29, 1.82) is 0 Å². The Hall–Kier alpha value is -3.62. The van der Waals surface area contributed by atoms with Crippen LogP contribution in [0.3, 0.4) is 0 Å². The number of fused-ring (bicyclic) bond motifs is 1. The molecule has 1 heterocycles. The normalized spacial score (nSPS) is 14.2. The number of aromatic hydroxyl groups is 1. The Morgan fingerprint density at radius 2 is 1.56 bits per heavy atom. The fraction of sp³-hybridized carbons (Fsp3) is 0.412. The number of phenolic OH excluding ortho intramolecular Hbond substituents is 1. The van der Waals surface area contributed by atoms with Crippen molar-refractivity contribution in [2.45, 2.75) is 52.0 Å². The lowest BCUT2D eigenvalue weighted by molar-refractivity contribution is 0.238. The van der Waals surface area contributed by atoms with Crippen molar-refractivity contribution in [2.24, 2.45) is 0 Å². The van der Waals surface area contributed by atoms with Gasteiger partial charge in [-0.2, -0.15) is 0 Å². The minimum absolute atomic E-state index is 0.408. The molecule has 0 atom stereocenters. The third-order valence-corrected chi connectivity index (χ3v) is 7.30. The number of aryl methyl sites for hydroxylation is 2. The monoisotopic (exact) mass is 528 g/mol. The molecular weight excluding hydrogens is 484 g/mol. The maximum Gasteiger partial charge on any atom is 0.120 e. The molecule has 39 heavy (non-hydrogen) atoms. The highest BCUT2D eigenvalue weighted by atomic mass is 16.5. The summed E-state index contributed by atoms with van der Waals surface area (Å²) in [5.41, 5.74) is 5.23. The maximum absolute atomic E-state index is 9.19. The minimum atomic E-state index is 0.408. The summed E-state index contributed by atoms with van der Waals surface area (Å²) in [5, 5.41) is 9.19. The van der Waals surface area contributed by atoms with Crippen molar-refractivity contribution in [3.63, 3.8) is 0 Å². The summed E-state index contributed by atoms with van der Waals surface area (Å²) in [6.45, 7) is 8.23. The Bertz CT molecular complexity index is 1140. The first-order chi connectivity index (χ1) is 19.1. The molecule has 0 saturated carbocycles. The second kappa shape index (κ2) is 16.4. The zero-order valence-electron chi connectivity index (χ0n) is 23.6. The number of rotatable bonds is 9. The van der Waals surface area contributed by atoms with Gasteiger partial charge >= 0.3 is 0 Å². The number of terminal acetylenes is 1. The predicted octanol–water partition coefficient (Wildman–Crippen LogP) is 6.72. The van der Waals surface area contributed by atoms with E-state index >= 15 is 0 Å². The number of likely N-dealkylation sites (tertiary alicyclic amines) is 1. The number of hydrogen-bond acceptors (Lipinski definition) is 5. The van der Waals surface area contributed by atoms with Gasteiger partial charge in [0, 0.05) is 31.4 Å². The fourth-order valence-corrected chi connectivity index (χ4v) is 5.12. The summed E-state index contributed by atoms with van der Waals surface area (Å²) in [4.78, 5) is 4.81. The second-order valence-electron chi connectivity index (χ2n) is 9.92. The first-order valence-corrected chi connectivity index (χ1v) is 14.1. The molecule has 0 amide bonds. The average Bonchev–Trinajstić information content (AvgIpc) is 3.51. The molecule has 1 N–H and O–H groups in total. The molecule has 0 radical (unpaired) electrons. The van der Waals surface area contributed by atoms with Crippen LogP contribution in [-0.4, -0.2) is 49.9 Å². The first kappa shape index (κ1) is 29.9. The Labute approximate surface area is 235 Å². The lowest BCUT2D eigenvalue weighted by Gasteiger charge is -2.24. The molecule has 1 saturated heterocycles. The van der Waals surface area contributed by atoms with Crippen molar-refractivity contribution in [1.82, 2.24) is 4.90 Å². The number of benzene rings is 3. The van der Waals surface area contributed by atoms with Gasteiger partial charge in [0.05, 0.1) is 7.11 Å². The number of nitrogens with zero attached hydrogens (tertiary/aromatic N) is 2. The summed E-state index contributed by atoms with van der Waals surface area (Å²) < 4.78 is 11.2. The van der Waals surface area contributed by atoms with Crippen molar-refractivity contribution >= 4 is 5.69 Å². The van der Waals surface area contributed by atoms with Crippen LogP contribution in [0.15, 0.2) is 66.7 Å². The highest BCUT2D eigenvalue weighted by molar-refractivity contribution is 5.51. The van der Waals surface area contributed by atoms with Crippen LogP contribution >= 0.6 is 0 Å². The van der Waals surface area contributed by atoms with Gasteiger partial charge in [-0.05, 0) is 112 Å². The Balaban J connectivity index is 0.000000267. The Morgan fingerprint density at radius 1 is 0.846 bits per heavy atom. The van der Waals surface area contributed by atoms with E-state index in [-0.39, 0.29) is 0 Å². The van der Waals surface area contributed by atoms with Gasteiger partial charge in [-0.25, -0.2) is 0 Å². The van der Waals surface area contributed by atoms with Crippen LogP contribution in [0.2, 0.25) is 0 Å². The van der Waals surface area contributed by atoms with E-state index in [0.717, 1.165) is 44.2 Å². The quantitative estimate of drug-likeness (QED) is 0.313. The molecule has 3 aromatic carbocycles. The van der Waals surface area contributed by atoms with Gasteiger partial charge in [-0.15, -0.1) is 12.8 Å². The molecule has 1 aliphatic heterocycles. The van der Waals surface area contributed by atoms with Gasteiger partial charge in [0.15, 0.2) is 0 Å². The molecule has 1 fully saturated rings. The Morgan fingerprint density at radius 3 is 2.26 bits per heavy atom. The minimum Gasteiger partial charge on any atom is -0.508 e. The van der Waals surface area contributed by atoms with Crippen molar-refractivity contribution < 1.29 is 14.6 Å². The summed E-state index contributed by atoms with van der Waals surface area (Å²) in [6, 6.07) is 22.4. The maximum atomic E-state index is 9.19. The summed E-state index contributed by atoms with van der Waals surface area (Å²) in [6.07, 6.45) is 15.6. The largest absolute Gasteiger partial charge is 0.508 e. The van der Waals surface area contributed by atoms with Crippen molar-refractivity contribution in [3.05, 3.63) is 83.4 Å². The van der Waals surface area contributed by atoms with Gasteiger partial charge in [0.1, 0.15) is 23.9 Å². The highest BCUT2D eigenvalue weighted by Crippen LogP contribution is 2.25. The first-order valence-electron chi connectivity index (χ1n) is 14.1. The molecule has 0 spiro atoms. The van der Waals surface area contributed by atoms with E-state index in [4.69, 9.17) is 9.47 Å². The van der Waals surface area contributed by atoms with Gasteiger partial charge in [0.25, 0.3) is 0 Å². The predicted molar refractivity (Wildman–Crippen MR) is 162 cm³/mol. The smallest absolute Gasteiger partial charge is 0.120 e. The van der Waals surface area contributed by atoms with Crippen molar-refractivity contribution in [3.8, 4) is 30.1 Å². The SMILES string of the molecule is C#C.CCN(Cc1ccc(OCCN2CCCC2)cc1)c1cccc(OC)c1.Oc1ccc2c(c1)CCCC2.